The van der Waals surface area contributed by atoms with Crippen LogP contribution in [0.15, 0.2) is 30.6 Å². The number of amides is 1. The molecule has 2 aromatic heterocycles. The number of fused-ring (bicyclic) bond motifs is 1. The van der Waals surface area contributed by atoms with E-state index in [1.165, 1.54) is 9.21 Å². The van der Waals surface area contributed by atoms with Crippen molar-refractivity contribution in [3.05, 3.63) is 36.3 Å². The number of carboxylic acids is 1. The molecule has 0 aliphatic carbocycles. The van der Waals surface area contributed by atoms with Gasteiger partial charge in [-0.25, -0.2) is 17.7 Å². The zero-order valence-corrected chi connectivity index (χ0v) is 15.1. The van der Waals surface area contributed by atoms with Crippen LogP contribution in [0, 0.1) is 0 Å². The van der Waals surface area contributed by atoms with Crippen molar-refractivity contribution in [3.8, 4) is 0 Å². The molecule has 0 atom stereocenters. The molecular formula is C16H20N4O5S. The van der Waals surface area contributed by atoms with Crippen molar-refractivity contribution in [3.63, 3.8) is 0 Å². The summed E-state index contributed by atoms with van der Waals surface area (Å²) in [4.78, 5) is 29.7. The summed E-state index contributed by atoms with van der Waals surface area (Å²) in [6, 6.07) is 5.01. The molecule has 3 rings (SSSR count). The molecule has 9 nitrogen and oxygen atoms in total. The average molecular weight is 380 g/mol. The van der Waals surface area contributed by atoms with E-state index in [9.17, 15) is 23.1 Å². The van der Waals surface area contributed by atoms with E-state index < -0.39 is 28.4 Å². The lowest BCUT2D eigenvalue weighted by Crippen LogP contribution is -2.50. The number of imidazole rings is 1. The van der Waals surface area contributed by atoms with Crippen LogP contribution in [0.2, 0.25) is 0 Å². The smallest absolute Gasteiger partial charge is 0.323 e. The Morgan fingerprint density at radius 1 is 1.31 bits per heavy atom. The van der Waals surface area contributed by atoms with Gasteiger partial charge in [0.05, 0.1) is 6.26 Å². The van der Waals surface area contributed by atoms with Crippen molar-refractivity contribution in [2.45, 2.75) is 18.9 Å². The molecule has 0 saturated carbocycles. The summed E-state index contributed by atoms with van der Waals surface area (Å²) in [5.74, 6) is -1.58. The minimum absolute atomic E-state index is 0.169. The normalized spacial score (nSPS) is 16.7. The fraction of sp³-hybridized carbons (Fsp3) is 0.438. The number of rotatable bonds is 5. The quantitative estimate of drug-likeness (QED) is 0.798. The standard InChI is InChI=1S/C16H20N4O5S/c1-26(24,25)19-8-5-12(6-9-19)20(11-15(21)22)16(23)13-10-18-7-3-2-4-14(18)17-13/h2-4,7,10,12H,5-6,8-9,11H2,1H3,(H,21,22). The van der Waals surface area contributed by atoms with Crippen LogP contribution in [-0.4, -0.2) is 75.9 Å². The van der Waals surface area contributed by atoms with Crippen LogP contribution < -0.4 is 0 Å². The first kappa shape index (κ1) is 18.3. The Balaban J connectivity index is 1.81. The molecule has 10 heteroatoms. The monoisotopic (exact) mass is 380 g/mol. The molecular weight excluding hydrogens is 360 g/mol. The molecule has 1 amide bonds. The van der Waals surface area contributed by atoms with Gasteiger partial charge >= 0.3 is 5.97 Å². The summed E-state index contributed by atoms with van der Waals surface area (Å²) in [7, 11) is -3.29. The van der Waals surface area contributed by atoms with Crippen molar-refractivity contribution < 1.29 is 23.1 Å². The molecule has 2 aromatic rings. The van der Waals surface area contributed by atoms with Crippen LogP contribution in [0.25, 0.3) is 5.65 Å². The van der Waals surface area contributed by atoms with Crippen LogP contribution >= 0.6 is 0 Å². The molecule has 1 fully saturated rings. The Hall–Kier alpha value is -2.46. The highest BCUT2D eigenvalue weighted by Gasteiger charge is 2.33. The summed E-state index contributed by atoms with van der Waals surface area (Å²) in [5.41, 5.74) is 0.765. The van der Waals surface area contributed by atoms with Crippen molar-refractivity contribution in [2.24, 2.45) is 0 Å². The maximum absolute atomic E-state index is 12.9. The van der Waals surface area contributed by atoms with Gasteiger partial charge in [0.1, 0.15) is 17.9 Å². The molecule has 1 N–H and O–H groups in total. The number of aromatic nitrogens is 2. The van der Waals surface area contributed by atoms with Crippen molar-refractivity contribution in [1.82, 2.24) is 18.6 Å². The highest BCUT2D eigenvalue weighted by Crippen LogP contribution is 2.20. The largest absolute Gasteiger partial charge is 0.480 e. The van der Waals surface area contributed by atoms with Crippen LogP contribution in [-0.2, 0) is 14.8 Å². The van der Waals surface area contributed by atoms with Gasteiger partial charge in [-0.15, -0.1) is 0 Å². The van der Waals surface area contributed by atoms with E-state index in [0.29, 0.717) is 18.5 Å². The van der Waals surface area contributed by atoms with E-state index in [4.69, 9.17) is 0 Å². The molecule has 1 aliphatic heterocycles. The van der Waals surface area contributed by atoms with Gasteiger partial charge in [-0.1, -0.05) is 6.07 Å². The number of piperidine rings is 1. The van der Waals surface area contributed by atoms with Gasteiger partial charge < -0.3 is 14.4 Å². The number of nitrogens with zero attached hydrogens (tertiary/aromatic N) is 4. The summed E-state index contributed by atoms with van der Waals surface area (Å²) >= 11 is 0. The molecule has 1 saturated heterocycles. The number of carboxylic acid groups (broad SMARTS) is 1. The minimum atomic E-state index is -3.29. The zero-order chi connectivity index (χ0) is 18.9. The van der Waals surface area contributed by atoms with Crippen LogP contribution in [0.1, 0.15) is 23.3 Å². The molecule has 0 spiro atoms. The van der Waals surface area contributed by atoms with E-state index in [1.807, 2.05) is 0 Å². The molecule has 0 aromatic carbocycles. The van der Waals surface area contributed by atoms with Crippen LogP contribution in [0.5, 0.6) is 0 Å². The summed E-state index contributed by atoms with van der Waals surface area (Å²) in [6.45, 7) is 0.0758. The molecule has 1 aliphatic rings. The van der Waals surface area contributed by atoms with Gasteiger partial charge in [-0.3, -0.25) is 9.59 Å². The number of carbonyl (C=O) groups excluding carboxylic acids is 1. The van der Waals surface area contributed by atoms with Crippen LogP contribution in [0.4, 0.5) is 0 Å². The number of aliphatic carboxylic acids is 1. The number of hydrogen-bond acceptors (Lipinski definition) is 5. The molecule has 140 valence electrons. The first-order valence-electron chi connectivity index (χ1n) is 8.17. The average Bonchev–Trinajstić information content (AvgIpc) is 3.02. The zero-order valence-electron chi connectivity index (χ0n) is 14.3. The van der Waals surface area contributed by atoms with E-state index >= 15 is 0 Å². The predicted octanol–water partition coefficient (Wildman–Crippen LogP) is 0.285. The second-order valence-corrected chi connectivity index (χ2v) is 8.29. The molecule has 3 heterocycles. The lowest BCUT2D eigenvalue weighted by Gasteiger charge is -2.36. The Labute approximate surface area is 150 Å². The maximum atomic E-state index is 12.9. The third kappa shape index (κ3) is 3.86. The lowest BCUT2D eigenvalue weighted by atomic mass is 10.0. The third-order valence-electron chi connectivity index (χ3n) is 4.48. The third-order valence-corrected chi connectivity index (χ3v) is 5.79. The van der Waals surface area contributed by atoms with E-state index in [1.54, 1.807) is 35.0 Å². The summed E-state index contributed by atoms with van der Waals surface area (Å²) < 4.78 is 26.3. The maximum Gasteiger partial charge on any atom is 0.323 e. The SMILES string of the molecule is CS(=O)(=O)N1CCC(N(CC(=O)O)C(=O)c2cn3ccccc3n2)CC1. The molecule has 26 heavy (non-hydrogen) atoms. The lowest BCUT2D eigenvalue weighted by molar-refractivity contribution is -0.138. The minimum Gasteiger partial charge on any atom is -0.480 e. The van der Waals surface area contributed by atoms with Gasteiger partial charge in [-0.05, 0) is 25.0 Å². The second kappa shape index (κ2) is 7.04. The van der Waals surface area contributed by atoms with Gasteiger partial charge in [0.2, 0.25) is 10.0 Å². The molecule has 0 unspecified atom stereocenters. The first-order chi connectivity index (χ1) is 12.3. The topological polar surface area (TPSA) is 112 Å². The van der Waals surface area contributed by atoms with Gasteiger partial charge in [0.25, 0.3) is 5.91 Å². The van der Waals surface area contributed by atoms with Crippen molar-refractivity contribution in [1.29, 1.82) is 0 Å². The summed E-state index contributed by atoms with van der Waals surface area (Å²) in [5, 5.41) is 9.21. The number of sulfonamides is 1. The molecule has 0 bridgehead atoms. The highest BCUT2D eigenvalue weighted by molar-refractivity contribution is 7.88. The fourth-order valence-electron chi connectivity index (χ4n) is 3.18. The Kier molecular flexibility index (Phi) is 4.97. The molecule has 0 radical (unpaired) electrons. The van der Waals surface area contributed by atoms with Crippen molar-refractivity contribution >= 4 is 27.5 Å². The number of carbonyl (C=O) groups is 2. The summed E-state index contributed by atoms with van der Waals surface area (Å²) in [6.07, 6.45) is 5.24. The predicted molar refractivity (Wildman–Crippen MR) is 93.3 cm³/mol. The first-order valence-corrected chi connectivity index (χ1v) is 10.0. The number of hydrogen-bond donors (Lipinski definition) is 1. The fourth-order valence-corrected chi connectivity index (χ4v) is 4.06. The van der Waals surface area contributed by atoms with E-state index in [2.05, 4.69) is 4.98 Å². The Morgan fingerprint density at radius 2 is 2.00 bits per heavy atom. The second-order valence-electron chi connectivity index (χ2n) is 6.31. The Morgan fingerprint density at radius 3 is 2.58 bits per heavy atom. The van der Waals surface area contributed by atoms with Gasteiger partial charge in [0.15, 0.2) is 0 Å². The number of pyridine rings is 1. The van der Waals surface area contributed by atoms with Crippen molar-refractivity contribution in [2.75, 3.05) is 25.9 Å². The highest BCUT2D eigenvalue weighted by atomic mass is 32.2. The Bertz CT molecular complexity index is 898. The van der Waals surface area contributed by atoms with E-state index in [0.717, 1.165) is 6.26 Å². The van der Waals surface area contributed by atoms with Gasteiger partial charge in [-0.2, -0.15) is 0 Å². The van der Waals surface area contributed by atoms with Gasteiger partial charge in [0, 0.05) is 31.5 Å². The van der Waals surface area contributed by atoms with E-state index in [-0.39, 0.29) is 24.8 Å². The van der Waals surface area contributed by atoms with Crippen LogP contribution in [0.3, 0.4) is 0 Å².